The third-order valence-corrected chi connectivity index (χ3v) is 2.31. The molecular formula is C11H20N2O2. The number of carbonyl (C=O) groups excluding carboxylic acids is 1. The molecule has 4 nitrogen and oxygen atoms in total. The summed E-state index contributed by atoms with van der Waals surface area (Å²) in [6.45, 7) is 10.1. The molecule has 0 radical (unpaired) electrons. The van der Waals surface area contributed by atoms with E-state index in [1.807, 2.05) is 11.8 Å². The topological polar surface area (TPSA) is 41.6 Å². The predicted molar refractivity (Wildman–Crippen MR) is 59.7 cm³/mol. The summed E-state index contributed by atoms with van der Waals surface area (Å²) in [4.78, 5) is 13.5. The number of ether oxygens (including phenoxy) is 1. The lowest BCUT2D eigenvalue weighted by Gasteiger charge is -2.26. The van der Waals surface area contributed by atoms with Crippen LogP contribution in [0.25, 0.3) is 0 Å². The van der Waals surface area contributed by atoms with Gasteiger partial charge in [0.1, 0.15) is 0 Å². The van der Waals surface area contributed by atoms with E-state index in [1.54, 1.807) is 0 Å². The molecule has 1 saturated heterocycles. The molecule has 1 amide bonds. The first-order valence-corrected chi connectivity index (χ1v) is 5.41. The maximum absolute atomic E-state index is 11.7. The highest BCUT2D eigenvalue weighted by Gasteiger charge is 2.15. The van der Waals surface area contributed by atoms with E-state index in [2.05, 4.69) is 11.9 Å². The van der Waals surface area contributed by atoms with Gasteiger partial charge in [-0.05, 0) is 6.92 Å². The molecule has 0 saturated carbocycles. The summed E-state index contributed by atoms with van der Waals surface area (Å²) in [6.07, 6.45) is 0.563. The van der Waals surface area contributed by atoms with E-state index in [1.165, 1.54) is 0 Å². The minimum atomic E-state index is 0.215. The third-order valence-electron chi connectivity index (χ3n) is 2.31. The summed E-state index contributed by atoms with van der Waals surface area (Å²) >= 11 is 0. The average molecular weight is 212 g/mol. The number of amides is 1. The zero-order valence-corrected chi connectivity index (χ0v) is 9.42. The average Bonchev–Trinajstić information content (AvgIpc) is 2.25. The third kappa shape index (κ3) is 4.95. The van der Waals surface area contributed by atoms with Crippen LogP contribution in [0.15, 0.2) is 12.2 Å². The molecule has 0 aromatic heterocycles. The van der Waals surface area contributed by atoms with Gasteiger partial charge in [-0.1, -0.05) is 12.2 Å². The number of hydrogen-bond donors (Lipinski definition) is 1. The number of nitrogens with zero attached hydrogens (tertiary/aromatic N) is 1. The second-order valence-corrected chi connectivity index (χ2v) is 3.88. The summed E-state index contributed by atoms with van der Waals surface area (Å²) in [5.74, 6) is 0.215. The Morgan fingerprint density at radius 1 is 1.47 bits per heavy atom. The number of nitrogens with one attached hydrogen (secondary N) is 1. The molecule has 0 aromatic carbocycles. The van der Waals surface area contributed by atoms with Crippen LogP contribution in [0.3, 0.4) is 0 Å². The molecule has 0 unspecified atom stereocenters. The number of rotatable bonds is 5. The van der Waals surface area contributed by atoms with Crippen LogP contribution in [0.2, 0.25) is 0 Å². The van der Waals surface area contributed by atoms with Crippen LogP contribution in [-0.4, -0.2) is 50.2 Å². The molecule has 1 aliphatic rings. The van der Waals surface area contributed by atoms with Crippen molar-refractivity contribution >= 4 is 5.91 Å². The van der Waals surface area contributed by atoms with Crippen LogP contribution in [0, 0.1) is 0 Å². The largest absolute Gasteiger partial charge is 0.378 e. The highest BCUT2D eigenvalue weighted by Crippen LogP contribution is 1.99. The zero-order chi connectivity index (χ0) is 11.1. The SMILES string of the molecule is C=C(C)CNCCC(=O)N1CCOCC1. The maximum atomic E-state index is 11.7. The number of hydrogen-bond acceptors (Lipinski definition) is 3. The van der Waals surface area contributed by atoms with Gasteiger partial charge in [0.05, 0.1) is 13.2 Å². The minimum Gasteiger partial charge on any atom is -0.378 e. The van der Waals surface area contributed by atoms with E-state index in [0.29, 0.717) is 19.6 Å². The Morgan fingerprint density at radius 2 is 2.13 bits per heavy atom. The van der Waals surface area contributed by atoms with E-state index in [9.17, 15) is 4.79 Å². The standard InChI is InChI=1S/C11H20N2O2/c1-10(2)9-12-4-3-11(14)13-5-7-15-8-6-13/h12H,1,3-9H2,2H3. The van der Waals surface area contributed by atoms with Crippen LogP contribution < -0.4 is 5.32 Å². The Labute approximate surface area is 91.3 Å². The summed E-state index contributed by atoms with van der Waals surface area (Å²) < 4.78 is 5.19. The predicted octanol–water partition coefficient (Wildman–Crippen LogP) is 0.401. The first kappa shape index (κ1) is 12.2. The Bertz CT molecular complexity index is 223. The Morgan fingerprint density at radius 3 is 2.73 bits per heavy atom. The minimum absolute atomic E-state index is 0.215. The second kappa shape index (κ2) is 6.58. The lowest BCUT2D eigenvalue weighted by Crippen LogP contribution is -2.41. The van der Waals surface area contributed by atoms with E-state index in [-0.39, 0.29) is 5.91 Å². The van der Waals surface area contributed by atoms with Gasteiger partial charge < -0.3 is 15.0 Å². The molecule has 0 spiro atoms. The van der Waals surface area contributed by atoms with Gasteiger partial charge in [-0.3, -0.25) is 4.79 Å². The zero-order valence-electron chi connectivity index (χ0n) is 9.42. The second-order valence-electron chi connectivity index (χ2n) is 3.88. The van der Waals surface area contributed by atoms with Crippen molar-refractivity contribution in [1.29, 1.82) is 0 Å². The highest BCUT2D eigenvalue weighted by molar-refractivity contribution is 5.76. The molecule has 15 heavy (non-hydrogen) atoms. The normalized spacial score (nSPS) is 16.5. The molecule has 1 fully saturated rings. The van der Waals surface area contributed by atoms with E-state index in [0.717, 1.165) is 31.8 Å². The molecule has 1 heterocycles. The number of carbonyl (C=O) groups is 1. The molecular weight excluding hydrogens is 192 g/mol. The monoisotopic (exact) mass is 212 g/mol. The van der Waals surface area contributed by atoms with Crippen molar-refractivity contribution in [1.82, 2.24) is 10.2 Å². The first-order valence-electron chi connectivity index (χ1n) is 5.41. The van der Waals surface area contributed by atoms with Crippen molar-refractivity contribution in [3.63, 3.8) is 0 Å². The summed E-state index contributed by atoms with van der Waals surface area (Å²) in [6, 6.07) is 0. The molecule has 0 aromatic rings. The highest BCUT2D eigenvalue weighted by atomic mass is 16.5. The fourth-order valence-corrected chi connectivity index (χ4v) is 1.47. The Hall–Kier alpha value is -0.870. The van der Waals surface area contributed by atoms with Crippen LogP contribution >= 0.6 is 0 Å². The van der Waals surface area contributed by atoms with Crippen molar-refractivity contribution in [2.45, 2.75) is 13.3 Å². The summed E-state index contributed by atoms with van der Waals surface area (Å²) in [5, 5.41) is 3.18. The van der Waals surface area contributed by atoms with Crippen LogP contribution in [0.4, 0.5) is 0 Å². The maximum Gasteiger partial charge on any atom is 0.224 e. The molecule has 1 rings (SSSR count). The molecule has 4 heteroatoms. The van der Waals surface area contributed by atoms with E-state index >= 15 is 0 Å². The summed E-state index contributed by atoms with van der Waals surface area (Å²) in [7, 11) is 0. The van der Waals surface area contributed by atoms with Gasteiger partial charge in [0.25, 0.3) is 0 Å². The first-order chi connectivity index (χ1) is 7.20. The fraction of sp³-hybridized carbons (Fsp3) is 0.727. The molecule has 86 valence electrons. The van der Waals surface area contributed by atoms with Crippen molar-refractivity contribution in [3.8, 4) is 0 Å². The molecule has 0 atom stereocenters. The number of morpholine rings is 1. The lowest BCUT2D eigenvalue weighted by atomic mass is 10.3. The van der Waals surface area contributed by atoms with E-state index in [4.69, 9.17) is 4.74 Å². The van der Waals surface area contributed by atoms with Crippen LogP contribution in [-0.2, 0) is 9.53 Å². The van der Waals surface area contributed by atoms with Gasteiger partial charge in [-0.15, -0.1) is 0 Å². The van der Waals surface area contributed by atoms with Crippen molar-refractivity contribution in [3.05, 3.63) is 12.2 Å². The molecule has 0 aliphatic carbocycles. The van der Waals surface area contributed by atoms with Crippen LogP contribution in [0.5, 0.6) is 0 Å². The molecule has 0 bridgehead atoms. The van der Waals surface area contributed by atoms with Gasteiger partial charge in [0.15, 0.2) is 0 Å². The quantitative estimate of drug-likeness (QED) is 0.530. The molecule has 1 N–H and O–H groups in total. The van der Waals surface area contributed by atoms with Crippen molar-refractivity contribution in [2.75, 3.05) is 39.4 Å². The van der Waals surface area contributed by atoms with Gasteiger partial charge >= 0.3 is 0 Å². The summed E-state index contributed by atoms with van der Waals surface area (Å²) in [5.41, 5.74) is 1.09. The van der Waals surface area contributed by atoms with Gasteiger partial charge in [-0.2, -0.15) is 0 Å². The Kier molecular flexibility index (Phi) is 5.36. The van der Waals surface area contributed by atoms with Crippen molar-refractivity contribution < 1.29 is 9.53 Å². The molecule has 1 aliphatic heterocycles. The Balaban J connectivity index is 2.09. The van der Waals surface area contributed by atoms with E-state index < -0.39 is 0 Å². The van der Waals surface area contributed by atoms with Gasteiger partial charge in [0.2, 0.25) is 5.91 Å². The van der Waals surface area contributed by atoms with Gasteiger partial charge in [0, 0.05) is 32.6 Å². The van der Waals surface area contributed by atoms with Crippen molar-refractivity contribution in [2.24, 2.45) is 0 Å². The van der Waals surface area contributed by atoms with Gasteiger partial charge in [-0.25, -0.2) is 0 Å². The lowest BCUT2D eigenvalue weighted by molar-refractivity contribution is -0.135. The smallest absolute Gasteiger partial charge is 0.224 e. The fourth-order valence-electron chi connectivity index (χ4n) is 1.47. The van der Waals surface area contributed by atoms with Crippen LogP contribution in [0.1, 0.15) is 13.3 Å².